The van der Waals surface area contributed by atoms with Crippen molar-refractivity contribution < 1.29 is 21.9 Å². The van der Waals surface area contributed by atoms with Gasteiger partial charge in [0.05, 0.1) is 19.1 Å². The quantitative estimate of drug-likeness (QED) is 0.628. The number of piperidine rings is 1. The van der Waals surface area contributed by atoms with Gasteiger partial charge in [0, 0.05) is 0 Å². The van der Waals surface area contributed by atoms with Crippen molar-refractivity contribution in [3.8, 4) is 0 Å². The third-order valence-electron chi connectivity index (χ3n) is 3.18. The van der Waals surface area contributed by atoms with E-state index in [2.05, 4.69) is 13.8 Å². The molecule has 13 heavy (non-hydrogen) atoms. The Morgan fingerprint density at radius 3 is 2.31 bits per heavy atom. The first kappa shape index (κ1) is 13.4. The lowest BCUT2D eigenvalue weighted by atomic mass is 10.1. The molecule has 1 aliphatic rings. The molecule has 1 atom stereocenters. The van der Waals surface area contributed by atoms with E-state index in [0.717, 1.165) is 6.04 Å². The zero-order valence-corrected chi connectivity index (χ0v) is 10.7. The molecule has 1 nitrogen and oxygen atoms in total. The Bertz CT molecular complexity index is 111. The normalized spacial score (nSPS) is 20.8. The molecule has 0 aromatic carbocycles. The Balaban J connectivity index is 0.00000144. The van der Waals surface area contributed by atoms with Crippen LogP contribution in [0.15, 0.2) is 0 Å². The monoisotopic (exact) mass is 249 g/mol. The van der Waals surface area contributed by atoms with Gasteiger partial charge in [-0.2, -0.15) is 0 Å². The van der Waals surface area contributed by atoms with Gasteiger partial charge >= 0.3 is 0 Å². The molecule has 1 fully saturated rings. The van der Waals surface area contributed by atoms with E-state index in [4.69, 9.17) is 0 Å². The molecule has 0 bridgehead atoms. The van der Waals surface area contributed by atoms with Crippen LogP contribution >= 0.6 is 0 Å². The van der Waals surface area contributed by atoms with E-state index in [1.807, 2.05) is 4.90 Å². The van der Waals surface area contributed by atoms with Crippen LogP contribution < -0.4 is 21.9 Å². The van der Waals surface area contributed by atoms with E-state index in [-0.39, 0.29) is 17.0 Å². The molecular weight excluding hydrogens is 226 g/mol. The number of likely N-dealkylation sites (tertiary alicyclic amines) is 1. The second-order valence-electron chi connectivity index (χ2n) is 4.26. The van der Waals surface area contributed by atoms with Crippen LogP contribution in [0, 0.1) is 0 Å². The molecule has 0 amide bonds. The maximum Gasteiger partial charge on any atom is 0.0846 e. The van der Waals surface area contributed by atoms with E-state index in [1.165, 1.54) is 51.6 Å². The molecule has 0 spiro atoms. The number of nitrogens with one attached hydrogen (secondary N) is 1. The maximum absolute atomic E-state index is 2.43. The smallest absolute Gasteiger partial charge is 0.0846 e. The SMILES string of the molecule is CCCCC(C)[NH+]1CCCCC1.[Br-]. The van der Waals surface area contributed by atoms with Gasteiger partial charge in [0.1, 0.15) is 0 Å². The summed E-state index contributed by atoms with van der Waals surface area (Å²) in [6.07, 6.45) is 8.62. The average Bonchev–Trinajstić information content (AvgIpc) is 2.15. The van der Waals surface area contributed by atoms with Crippen LogP contribution in [0.5, 0.6) is 0 Å². The highest BCUT2D eigenvalue weighted by Gasteiger charge is 2.18. The Morgan fingerprint density at radius 2 is 1.77 bits per heavy atom. The van der Waals surface area contributed by atoms with Crippen molar-refractivity contribution in [2.45, 2.75) is 58.4 Å². The molecular formula is C11H24BrN. The largest absolute Gasteiger partial charge is 1.00 e. The molecule has 1 N–H and O–H groups in total. The first-order valence-electron chi connectivity index (χ1n) is 5.69. The lowest BCUT2D eigenvalue weighted by Crippen LogP contribution is -3.16. The second kappa shape index (κ2) is 7.81. The maximum atomic E-state index is 2.43. The summed E-state index contributed by atoms with van der Waals surface area (Å²) < 4.78 is 0. The summed E-state index contributed by atoms with van der Waals surface area (Å²) in [6, 6.07) is 0.922. The van der Waals surface area contributed by atoms with Crippen molar-refractivity contribution in [2.24, 2.45) is 0 Å². The molecule has 2 heteroatoms. The van der Waals surface area contributed by atoms with Gasteiger partial charge in [-0.1, -0.05) is 13.3 Å². The Kier molecular flexibility index (Phi) is 8.07. The number of unbranched alkanes of at least 4 members (excludes halogenated alkanes) is 1. The minimum atomic E-state index is 0. The summed E-state index contributed by atoms with van der Waals surface area (Å²) in [5.41, 5.74) is 0. The van der Waals surface area contributed by atoms with Crippen molar-refractivity contribution >= 4 is 0 Å². The van der Waals surface area contributed by atoms with Gasteiger partial charge < -0.3 is 21.9 Å². The lowest BCUT2D eigenvalue weighted by molar-refractivity contribution is -0.928. The minimum Gasteiger partial charge on any atom is -1.00 e. The standard InChI is InChI=1S/C11H23N.BrH/c1-3-4-8-11(2)12-9-6-5-7-10-12;/h11H,3-10H2,1-2H3;1H. The zero-order chi connectivity index (χ0) is 8.81. The minimum absolute atomic E-state index is 0. The van der Waals surface area contributed by atoms with Crippen LogP contribution in [-0.2, 0) is 0 Å². The number of quaternary nitrogens is 1. The third kappa shape index (κ3) is 5.02. The first-order valence-corrected chi connectivity index (χ1v) is 5.69. The van der Waals surface area contributed by atoms with Crippen molar-refractivity contribution in [1.82, 2.24) is 0 Å². The van der Waals surface area contributed by atoms with Crippen molar-refractivity contribution in [1.29, 1.82) is 0 Å². The summed E-state index contributed by atoms with van der Waals surface area (Å²) >= 11 is 0. The zero-order valence-electron chi connectivity index (χ0n) is 9.11. The summed E-state index contributed by atoms with van der Waals surface area (Å²) in [4.78, 5) is 1.87. The van der Waals surface area contributed by atoms with Gasteiger partial charge in [-0.15, -0.1) is 0 Å². The molecule has 80 valence electrons. The number of rotatable bonds is 4. The lowest BCUT2D eigenvalue weighted by Gasteiger charge is -2.29. The van der Waals surface area contributed by atoms with Gasteiger partial charge in [-0.05, 0) is 39.0 Å². The predicted molar refractivity (Wildman–Crippen MR) is 53.5 cm³/mol. The summed E-state index contributed by atoms with van der Waals surface area (Å²) in [5.74, 6) is 0. The van der Waals surface area contributed by atoms with Crippen LogP contribution in [-0.4, -0.2) is 19.1 Å². The Hall–Kier alpha value is 0.440. The molecule has 0 aromatic rings. The highest BCUT2D eigenvalue weighted by atomic mass is 79.9. The molecule has 1 aliphatic heterocycles. The molecule has 1 heterocycles. The van der Waals surface area contributed by atoms with Crippen LogP contribution in [0.1, 0.15) is 52.4 Å². The molecule has 1 saturated heterocycles. The van der Waals surface area contributed by atoms with E-state index in [1.54, 1.807) is 0 Å². The van der Waals surface area contributed by atoms with Crippen molar-refractivity contribution in [3.05, 3.63) is 0 Å². The molecule has 1 rings (SSSR count). The number of halogens is 1. The third-order valence-corrected chi connectivity index (χ3v) is 3.18. The molecule has 0 aromatic heterocycles. The van der Waals surface area contributed by atoms with E-state index in [0.29, 0.717) is 0 Å². The predicted octanol–water partition coefficient (Wildman–Crippen LogP) is -1.36. The van der Waals surface area contributed by atoms with E-state index >= 15 is 0 Å². The molecule has 1 unspecified atom stereocenters. The van der Waals surface area contributed by atoms with Gasteiger partial charge in [0.2, 0.25) is 0 Å². The summed E-state index contributed by atoms with van der Waals surface area (Å²) in [7, 11) is 0. The highest BCUT2D eigenvalue weighted by molar-refractivity contribution is 4.53. The second-order valence-corrected chi connectivity index (χ2v) is 4.26. The number of hydrogen-bond donors (Lipinski definition) is 1. The van der Waals surface area contributed by atoms with Crippen LogP contribution in [0.25, 0.3) is 0 Å². The molecule has 0 saturated carbocycles. The Morgan fingerprint density at radius 1 is 1.15 bits per heavy atom. The molecule has 0 aliphatic carbocycles. The number of hydrogen-bond acceptors (Lipinski definition) is 0. The summed E-state index contributed by atoms with van der Waals surface area (Å²) in [6.45, 7) is 7.59. The van der Waals surface area contributed by atoms with Crippen LogP contribution in [0.4, 0.5) is 0 Å². The van der Waals surface area contributed by atoms with E-state index in [9.17, 15) is 0 Å². The van der Waals surface area contributed by atoms with E-state index < -0.39 is 0 Å². The van der Waals surface area contributed by atoms with Crippen LogP contribution in [0.2, 0.25) is 0 Å². The van der Waals surface area contributed by atoms with Crippen molar-refractivity contribution in [2.75, 3.05) is 13.1 Å². The summed E-state index contributed by atoms with van der Waals surface area (Å²) in [5, 5.41) is 0. The topological polar surface area (TPSA) is 4.44 Å². The highest BCUT2D eigenvalue weighted by Crippen LogP contribution is 2.00. The van der Waals surface area contributed by atoms with Gasteiger partial charge in [-0.25, -0.2) is 0 Å². The van der Waals surface area contributed by atoms with Crippen molar-refractivity contribution in [3.63, 3.8) is 0 Å². The van der Waals surface area contributed by atoms with Gasteiger partial charge in [0.25, 0.3) is 0 Å². The first-order chi connectivity index (χ1) is 5.84. The fourth-order valence-corrected chi connectivity index (χ4v) is 2.21. The Labute approximate surface area is 93.7 Å². The molecule has 0 radical (unpaired) electrons. The average molecular weight is 250 g/mol. The van der Waals surface area contributed by atoms with Crippen LogP contribution in [0.3, 0.4) is 0 Å². The van der Waals surface area contributed by atoms with Gasteiger partial charge in [0.15, 0.2) is 0 Å². The fourth-order valence-electron chi connectivity index (χ4n) is 2.21. The van der Waals surface area contributed by atoms with Gasteiger partial charge in [-0.3, -0.25) is 0 Å². The fraction of sp³-hybridized carbons (Fsp3) is 1.00.